The number of ether oxygens (including phenoxy) is 1. The Labute approximate surface area is 156 Å². The number of nitrogens with one attached hydrogen (secondary N) is 2. The predicted octanol–water partition coefficient (Wildman–Crippen LogP) is 1.79. The second kappa shape index (κ2) is 9.82. The lowest BCUT2D eigenvalue weighted by atomic mass is 10.1. The third kappa shape index (κ3) is 5.77. The minimum atomic E-state index is 0.216. The van der Waals surface area contributed by atoms with Crippen LogP contribution in [0, 0.1) is 0 Å². The fourth-order valence-corrected chi connectivity index (χ4v) is 2.65. The summed E-state index contributed by atoms with van der Waals surface area (Å²) in [6.45, 7) is 4.23. The van der Waals surface area contributed by atoms with Gasteiger partial charge in [-0.25, -0.2) is 4.99 Å². The maximum atomic E-state index is 5.19. The zero-order valence-electron chi connectivity index (χ0n) is 16.4. The van der Waals surface area contributed by atoms with E-state index < -0.39 is 0 Å². The molecule has 2 rings (SSSR count). The van der Waals surface area contributed by atoms with Crippen molar-refractivity contribution in [1.29, 1.82) is 0 Å². The highest BCUT2D eigenvalue weighted by atomic mass is 16.5. The number of aliphatic imine (C=N–C) groups is 1. The summed E-state index contributed by atoms with van der Waals surface area (Å²) in [6.07, 6.45) is 3.96. The number of guanidine groups is 1. The van der Waals surface area contributed by atoms with Gasteiger partial charge in [0.25, 0.3) is 0 Å². The summed E-state index contributed by atoms with van der Waals surface area (Å²) in [6, 6.07) is 8.19. The summed E-state index contributed by atoms with van der Waals surface area (Å²) < 4.78 is 7.02. The Morgan fingerprint density at radius 1 is 1.27 bits per heavy atom. The van der Waals surface area contributed by atoms with Gasteiger partial charge in [0.1, 0.15) is 5.75 Å². The highest BCUT2D eigenvalue weighted by molar-refractivity contribution is 5.79. The molecule has 0 aliphatic heterocycles. The van der Waals surface area contributed by atoms with E-state index in [2.05, 4.69) is 46.6 Å². The molecular weight excluding hydrogens is 328 g/mol. The molecule has 142 valence electrons. The first-order chi connectivity index (χ1) is 12.5. The number of rotatable bonds is 8. The maximum Gasteiger partial charge on any atom is 0.191 e. The van der Waals surface area contributed by atoms with Crippen molar-refractivity contribution in [2.75, 3.05) is 34.3 Å². The molecule has 1 unspecified atom stereocenters. The largest absolute Gasteiger partial charge is 0.497 e. The number of likely N-dealkylation sites (N-methyl/N-ethyl adjacent to an activating group) is 1. The van der Waals surface area contributed by atoms with Crippen LogP contribution in [0.15, 0.2) is 41.7 Å². The first kappa shape index (κ1) is 19.8. The summed E-state index contributed by atoms with van der Waals surface area (Å²) in [5.74, 6) is 1.66. The number of hydrogen-bond donors (Lipinski definition) is 2. The standard InChI is InChI=1S/C19H30N6O/c1-6-20-19(21-11-15-7-9-17(26-5)10-8-15)22-13-18(24(2)3)16-12-23-25(4)14-16/h7-10,12,14,18H,6,11,13H2,1-5H3,(H2,20,21,22). The molecule has 7 heteroatoms. The molecule has 0 saturated carbocycles. The third-order valence-electron chi connectivity index (χ3n) is 4.12. The molecule has 0 amide bonds. The fraction of sp³-hybridized carbons (Fsp3) is 0.474. The van der Waals surface area contributed by atoms with E-state index >= 15 is 0 Å². The molecule has 0 spiro atoms. The van der Waals surface area contributed by atoms with Crippen molar-refractivity contribution in [3.63, 3.8) is 0 Å². The van der Waals surface area contributed by atoms with Gasteiger partial charge in [-0.05, 0) is 38.7 Å². The van der Waals surface area contributed by atoms with Crippen molar-refractivity contribution in [2.45, 2.75) is 19.5 Å². The van der Waals surface area contributed by atoms with Crippen molar-refractivity contribution in [3.05, 3.63) is 47.8 Å². The molecule has 7 nitrogen and oxygen atoms in total. The van der Waals surface area contributed by atoms with Crippen LogP contribution in [0.1, 0.15) is 24.1 Å². The Kier molecular flexibility index (Phi) is 7.47. The van der Waals surface area contributed by atoms with Crippen molar-refractivity contribution in [3.8, 4) is 5.75 Å². The first-order valence-corrected chi connectivity index (χ1v) is 8.83. The molecule has 1 heterocycles. The Balaban J connectivity index is 2.00. The van der Waals surface area contributed by atoms with E-state index in [4.69, 9.17) is 4.74 Å². The van der Waals surface area contributed by atoms with Crippen LogP contribution < -0.4 is 15.4 Å². The Hall–Kier alpha value is -2.54. The molecule has 1 atom stereocenters. The van der Waals surface area contributed by atoms with Crippen LogP contribution in [0.2, 0.25) is 0 Å². The van der Waals surface area contributed by atoms with Gasteiger partial charge in [-0.1, -0.05) is 12.1 Å². The Morgan fingerprint density at radius 2 is 2.00 bits per heavy atom. The number of hydrogen-bond acceptors (Lipinski definition) is 4. The number of benzene rings is 1. The molecule has 0 aliphatic carbocycles. The van der Waals surface area contributed by atoms with E-state index in [0.717, 1.165) is 30.4 Å². The molecule has 2 N–H and O–H groups in total. The molecule has 0 radical (unpaired) electrons. The second-order valence-corrected chi connectivity index (χ2v) is 6.35. The maximum absolute atomic E-state index is 5.19. The van der Waals surface area contributed by atoms with Crippen molar-refractivity contribution >= 4 is 5.96 Å². The average molecular weight is 358 g/mol. The third-order valence-corrected chi connectivity index (χ3v) is 4.12. The lowest BCUT2D eigenvalue weighted by Crippen LogP contribution is -2.41. The summed E-state index contributed by atoms with van der Waals surface area (Å²) in [4.78, 5) is 6.86. The van der Waals surface area contributed by atoms with E-state index in [1.165, 1.54) is 5.56 Å². The summed E-state index contributed by atoms with van der Waals surface area (Å²) >= 11 is 0. The van der Waals surface area contributed by atoms with Crippen LogP contribution in [0.3, 0.4) is 0 Å². The van der Waals surface area contributed by atoms with E-state index in [-0.39, 0.29) is 6.04 Å². The molecule has 2 aromatic rings. The number of nitrogens with zero attached hydrogens (tertiary/aromatic N) is 4. The van der Waals surface area contributed by atoms with E-state index in [9.17, 15) is 0 Å². The van der Waals surface area contributed by atoms with Crippen LogP contribution in [0.25, 0.3) is 0 Å². The van der Waals surface area contributed by atoms with Crippen LogP contribution in [0.4, 0.5) is 0 Å². The van der Waals surface area contributed by atoms with Gasteiger partial charge in [0.2, 0.25) is 0 Å². The van der Waals surface area contributed by atoms with Gasteiger partial charge in [-0.2, -0.15) is 5.10 Å². The average Bonchev–Trinajstić information content (AvgIpc) is 3.06. The molecule has 0 aliphatic rings. The lowest BCUT2D eigenvalue weighted by Gasteiger charge is -2.24. The molecule has 1 aromatic carbocycles. The highest BCUT2D eigenvalue weighted by Gasteiger charge is 2.16. The zero-order chi connectivity index (χ0) is 18.9. The number of aromatic nitrogens is 2. The van der Waals surface area contributed by atoms with Gasteiger partial charge in [0.15, 0.2) is 5.96 Å². The highest BCUT2D eigenvalue weighted by Crippen LogP contribution is 2.16. The van der Waals surface area contributed by atoms with Gasteiger partial charge in [0, 0.05) is 31.9 Å². The van der Waals surface area contributed by atoms with Gasteiger partial charge in [-0.3, -0.25) is 4.68 Å². The minimum Gasteiger partial charge on any atom is -0.497 e. The van der Waals surface area contributed by atoms with Crippen LogP contribution >= 0.6 is 0 Å². The van der Waals surface area contributed by atoms with Gasteiger partial charge in [0.05, 0.1) is 25.9 Å². The van der Waals surface area contributed by atoms with Crippen LogP contribution in [-0.4, -0.2) is 54.9 Å². The molecule has 26 heavy (non-hydrogen) atoms. The number of methoxy groups -OCH3 is 1. The van der Waals surface area contributed by atoms with Crippen molar-refractivity contribution < 1.29 is 4.74 Å². The van der Waals surface area contributed by atoms with Gasteiger partial charge < -0.3 is 20.3 Å². The summed E-state index contributed by atoms with van der Waals surface area (Å²) in [5, 5.41) is 11.0. The summed E-state index contributed by atoms with van der Waals surface area (Å²) in [7, 11) is 7.75. The first-order valence-electron chi connectivity index (χ1n) is 8.83. The lowest BCUT2D eigenvalue weighted by molar-refractivity contribution is 0.298. The minimum absolute atomic E-state index is 0.216. The van der Waals surface area contributed by atoms with Crippen LogP contribution in [-0.2, 0) is 13.6 Å². The second-order valence-electron chi connectivity index (χ2n) is 6.35. The van der Waals surface area contributed by atoms with Crippen molar-refractivity contribution in [2.24, 2.45) is 12.0 Å². The van der Waals surface area contributed by atoms with Crippen molar-refractivity contribution in [1.82, 2.24) is 25.3 Å². The smallest absolute Gasteiger partial charge is 0.191 e. The molecule has 0 bridgehead atoms. The fourth-order valence-electron chi connectivity index (χ4n) is 2.65. The molecule has 1 aromatic heterocycles. The zero-order valence-corrected chi connectivity index (χ0v) is 16.4. The Bertz CT molecular complexity index is 692. The van der Waals surface area contributed by atoms with E-state index in [1.54, 1.807) is 7.11 Å². The predicted molar refractivity (Wildman–Crippen MR) is 105 cm³/mol. The SMILES string of the molecule is CCNC(=NCc1ccc(OC)cc1)NCC(c1cnn(C)c1)N(C)C. The molecule has 0 saturated heterocycles. The van der Waals surface area contributed by atoms with Gasteiger partial charge >= 0.3 is 0 Å². The van der Waals surface area contributed by atoms with Gasteiger partial charge in [-0.15, -0.1) is 0 Å². The van der Waals surface area contributed by atoms with E-state index in [0.29, 0.717) is 6.54 Å². The topological polar surface area (TPSA) is 66.7 Å². The van der Waals surface area contributed by atoms with E-state index in [1.807, 2.05) is 48.4 Å². The summed E-state index contributed by atoms with van der Waals surface area (Å²) in [5.41, 5.74) is 2.32. The normalized spacial score (nSPS) is 12.9. The monoisotopic (exact) mass is 358 g/mol. The Morgan fingerprint density at radius 3 is 2.54 bits per heavy atom. The number of aryl methyl sites for hydroxylation is 1. The quantitative estimate of drug-likeness (QED) is 0.556. The molecular formula is C19H30N6O. The van der Waals surface area contributed by atoms with Crippen LogP contribution in [0.5, 0.6) is 5.75 Å². The molecule has 0 fully saturated rings.